The van der Waals surface area contributed by atoms with Gasteiger partial charge in [-0.1, -0.05) is 0 Å². The molecule has 1 N–H and O–H groups in total. The third kappa shape index (κ3) is 2.68. The molecule has 0 atom stereocenters. The molecule has 1 aromatic heterocycles. The lowest BCUT2D eigenvalue weighted by molar-refractivity contribution is 0.0690. The lowest BCUT2D eigenvalue weighted by Crippen LogP contribution is -2.47. The molecule has 1 saturated carbocycles. The van der Waals surface area contributed by atoms with E-state index in [0.717, 1.165) is 32.2 Å². The van der Waals surface area contributed by atoms with E-state index >= 15 is 0 Å². The molecule has 102 valence electrons. The number of aromatic nitrogens is 2. The smallest absolute Gasteiger partial charge is 0.354 e. The number of aromatic carboxylic acids is 1. The molecule has 0 amide bonds. The Kier molecular flexibility index (Phi) is 3.10. The third-order valence-electron chi connectivity index (χ3n) is 3.72. The molecule has 6 heteroatoms. The molecular weight excluding hydrogens is 244 g/mol. The Morgan fingerprint density at radius 3 is 2.53 bits per heavy atom. The molecule has 1 aromatic rings. The van der Waals surface area contributed by atoms with Gasteiger partial charge in [0.25, 0.3) is 0 Å². The van der Waals surface area contributed by atoms with E-state index in [-0.39, 0.29) is 5.69 Å². The van der Waals surface area contributed by atoms with E-state index in [1.165, 1.54) is 18.9 Å². The van der Waals surface area contributed by atoms with Crippen LogP contribution in [0.4, 0.5) is 5.95 Å². The van der Waals surface area contributed by atoms with Crippen molar-refractivity contribution in [3.05, 3.63) is 17.5 Å². The van der Waals surface area contributed by atoms with Crippen molar-refractivity contribution in [1.82, 2.24) is 14.9 Å². The summed E-state index contributed by atoms with van der Waals surface area (Å²) in [5.74, 6) is -0.448. The predicted molar refractivity (Wildman–Crippen MR) is 70.5 cm³/mol. The molecular formula is C13H18N4O2. The number of carbonyl (C=O) groups is 1. The van der Waals surface area contributed by atoms with E-state index in [9.17, 15) is 4.79 Å². The Bertz CT molecular complexity index is 493. The fourth-order valence-corrected chi connectivity index (χ4v) is 2.53. The third-order valence-corrected chi connectivity index (χ3v) is 3.72. The molecule has 3 rings (SSSR count). The Hall–Kier alpha value is -1.69. The second kappa shape index (κ2) is 4.77. The van der Waals surface area contributed by atoms with Gasteiger partial charge < -0.3 is 10.0 Å². The second-order valence-electron chi connectivity index (χ2n) is 5.25. The van der Waals surface area contributed by atoms with Crippen molar-refractivity contribution in [2.24, 2.45) is 0 Å². The average Bonchev–Trinajstić information content (AvgIpc) is 3.22. The van der Waals surface area contributed by atoms with Crippen molar-refractivity contribution < 1.29 is 9.90 Å². The molecule has 19 heavy (non-hydrogen) atoms. The number of hydrogen-bond donors (Lipinski definition) is 1. The van der Waals surface area contributed by atoms with E-state index in [2.05, 4.69) is 19.8 Å². The van der Waals surface area contributed by atoms with Crippen LogP contribution in [0, 0.1) is 6.92 Å². The van der Waals surface area contributed by atoms with Crippen molar-refractivity contribution in [2.45, 2.75) is 25.8 Å². The highest BCUT2D eigenvalue weighted by Crippen LogP contribution is 2.28. The number of carboxylic acids is 1. The maximum Gasteiger partial charge on any atom is 0.354 e. The Labute approximate surface area is 112 Å². The van der Waals surface area contributed by atoms with Crippen LogP contribution in [-0.2, 0) is 0 Å². The highest BCUT2D eigenvalue weighted by molar-refractivity contribution is 5.85. The number of hydrogen-bond acceptors (Lipinski definition) is 5. The first-order valence-corrected chi connectivity index (χ1v) is 6.71. The van der Waals surface area contributed by atoms with E-state index in [1.807, 2.05) is 0 Å². The number of rotatable bonds is 3. The quantitative estimate of drug-likeness (QED) is 0.867. The zero-order valence-corrected chi connectivity index (χ0v) is 11.0. The summed E-state index contributed by atoms with van der Waals surface area (Å²) in [6.07, 6.45) is 2.65. The highest BCUT2D eigenvalue weighted by Gasteiger charge is 2.31. The lowest BCUT2D eigenvalue weighted by atomic mass is 10.3. The van der Waals surface area contributed by atoms with Gasteiger partial charge in [-0.15, -0.1) is 0 Å². The highest BCUT2D eigenvalue weighted by atomic mass is 16.4. The number of nitrogens with zero attached hydrogens (tertiary/aromatic N) is 4. The van der Waals surface area contributed by atoms with Gasteiger partial charge >= 0.3 is 5.97 Å². The maximum atomic E-state index is 11.0. The first-order valence-electron chi connectivity index (χ1n) is 6.71. The fraction of sp³-hybridized carbons (Fsp3) is 0.615. The lowest BCUT2D eigenvalue weighted by Gasteiger charge is -2.34. The maximum absolute atomic E-state index is 11.0. The molecule has 0 unspecified atom stereocenters. The van der Waals surface area contributed by atoms with Crippen LogP contribution < -0.4 is 4.90 Å². The molecule has 0 bridgehead atoms. The van der Waals surface area contributed by atoms with Crippen LogP contribution in [0.2, 0.25) is 0 Å². The molecule has 6 nitrogen and oxygen atoms in total. The molecule has 2 aliphatic rings. The normalized spacial score (nSPS) is 20.6. The first kappa shape index (κ1) is 12.3. The van der Waals surface area contributed by atoms with Crippen molar-refractivity contribution in [3.63, 3.8) is 0 Å². The van der Waals surface area contributed by atoms with Crippen LogP contribution in [0.1, 0.15) is 29.0 Å². The van der Waals surface area contributed by atoms with Gasteiger partial charge in [-0.2, -0.15) is 0 Å². The molecule has 0 radical (unpaired) electrons. The summed E-state index contributed by atoms with van der Waals surface area (Å²) >= 11 is 0. The summed E-state index contributed by atoms with van der Waals surface area (Å²) in [5, 5.41) is 9.04. The van der Waals surface area contributed by atoms with Crippen molar-refractivity contribution in [1.29, 1.82) is 0 Å². The minimum Gasteiger partial charge on any atom is -0.477 e. The standard InChI is InChI=1S/C13H18N4O2/c1-9-8-11(12(18)19)15-13(14-9)17-6-4-16(5-7-17)10-2-3-10/h8,10H,2-7H2,1H3,(H,18,19). The van der Waals surface area contributed by atoms with E-state index in [4.69, 9.17) is 5.11 Å². The minimum atomic E-state index is -0.997. The van der Waals surface area contributed by atoms with E-state index < -0.39 is 5.97 Å². The monoisotopic (exact) mass is 262 g/mol. The summed E-state index contributed by atoms with van der Waals surface area (Å²) in [6.45, 7) is 5.59. The van der Waals surface area contributed by atoms with E-state index in [0.29, 0.717) is 11.6 Å². The molecule has 2 fully saturated rings. The topological polar surface area (TPSA) is 69.6 Å². The minimum absolute atomic E-state index is 0.0760. The van der Waals surface area contributed by atoms with Gasteiger partial charge in [-0.25, -0.2) is 14.8 Å². The van der Waals surface area contributed by atoms with Crippen LogP contribution in [0.3, 0.4) is 0 Å². The van der Waals surface area contributed by atoms with Crippen LogP contribution in [-0.4, -0.2) is 58.2 Å². The Balaban J connectivity index is 1.73. The summed E-state index contributed by atoms with van der Waals surface area (Å²) in [7, 11) is 0. The van der Waals surface area contributed by atoms with Crippen molar-refractivity contribution in [2.75, 3.05) is 31.1 Å². The molecule has 0 spiro atoms. The van der Waals surface area contributed by atoms with Gasteiger partial charge in [-0.05, 0) is 25.8 Å². The van der Waals surface area contributed by atoms with Crippen LogP contribution >= 0.6 is 0 Å². The summed E-state index contributed by atoms with van der Waals surface area (Å²) in [4.78, 5) is 24.1. The molecule has 1 aliphatic carbocycles. The number of carboxylic acid groups (broad SMARTS) is 1. The van der Waals surface area contributed by atoms with Gasteiger partial charge in [0.05, 0.1) is 0 Å². The van der Waals surface area contributed by atoms with Gasteiger partial charge in [0.15, 0.2) is 5.69 Å². The predicted octanol–water partition coefficient (Wildman–Crippen LogP) is 0.768. The summed E-state index contributed by atoms with van der Waals surface area (Å²) < 4.78 is 0. The average molecular weight is 262 g/mol. The van der Waals surface area contributed by atoms with Crippen LogP contribution in [0.15, 0.2) is 6.07 Å². The largest absolute Gasteiger partial charge is 0.477 e. The molecule has 1 aliphatic heterocycles. The second-order valence-corrected chi connectivity index (χ2v) is 5.25. The van der Waals surface area contributed by atoms with Gasteiger partial charge in [-0.3, -0.25) is 4.90 Å². The number of aryl methyl sites for hydroxylation is 1. The fourth-order valence-electron chi connectivity index (χ4n) is 2.53. The zero-order valence-electron chi connectivity index (χ0n) is 11.0. The molecule has 2 heterocycles. The van der Waals surface area contributed by atoms with Crippen LogP contribution in [0.5, 0.6) is 0 Å². The van der Waals surface area contributed by atoms with Gasteiger partial charge in [0.1, 0.15) is 0 Å². The molecule has 1 saturated heterocycles. The van der Waals surface area contributed by atoms with Crippen molar-refractivity contribution >= 4 is 11.9 Å². The number of piperazine rings is 1. The first-order chi connectivity index (χ1) is 9.13. The summed E-state index contributed by atoms with van der Waals surface area (Å²) in [5.41, 5.74) is 0.777. The number of anilines is 1. The zero-order chi connectivity index (χ0) is 13.4. The van der Waals surface area contributed by atoms with Crippen molar-refractivity contribution in [3.8, 4) is 0 Å². The Morgan fingerprint density at radius 2 is 1.95 bits per heavy atom. The molecule has 0 aromatic carbocycles. The SMILES string of the molecule is Cc1cc(C(=O)O)nc(N2CCN(C3CC3)CC2)n1. The Morgan fingerprint density at radius 1 is 1.26 bits per heavy atom. The van der Waals surface area contributed by atoms with Crippen LogP contribution in [0.25, 0.3) is 0 Å². The van der Waals surface area contributed by atoms with Gasteiger partial charge in [0, 0.05) is 37.9 Å². The summed E-state index contributed by atoms with van der Waals surface area (Å²) in [6, 6.07) is 2.29. The van der Waals surface area contributed by atoms with E-state index in [1.54, 1.807) is 6.92 Å². The van der Waals surface area contributed by atoms with Gasteiger partial charge in [0.2, 0.25) is 5.95 Å².